The Hall–Kier alpha value is -0.570. The summed E-state index contributed by atoms with van der Waals surface area (Å²) in [5, 5.41) is 3.43. The van der Waals surface area contributed by atoms with Gasteiger partial charge in [-0.05, 0) is 50.5 Å². The highest BCUT2D eigenvalue weighted by Gasteiger charge is 2.41. The fourth-order valence-electron chi connectivity index (χ4n) is 3.71. The lowest BCUT2D eigenvalue weighted by molar-refractivity contribution is -0.145. The zero-order chi connectivity index (χ0) is 13.9. The van der Waals surface area contributed by atoms with Gasteiger partial charge in [0.25, 0.3) is 0 Å². The minimum absolute atomic E-state index is 0.108. The Labute approximate surface area is 118 Å². The lowest BCUT2D eigenvalue weighted by atomic mass is 9.76. The third kappa shape index (κ3) is 3.13. The van der Waals surface area contributed by atoms with Crippen LogP contribution >= 0.6 is 0 Å². The quantitative estimate of drug-likeness (QED) is 0.852. The smallest absolute Gasteiger partial charge is 0.230 e. The molecule has 2 rings (SSSR count). The molecule has 1 atom stereocenters. The highest BCUT2D eigenvalue weighted by molar-refractivity contribution is 5.83. The maximum Gasteiger partial charge on any atom is 0.230 e. The molecule has 1 N–H and O–H groups in total. The van der Waals surface area contributed by atoms with Gasteiger partial charge in [0.05, 0.1) is 5.41 Å². The Morgan fingerprint density at radius 3 is 2.53 bits per heavy atom. The highest BCUT2D eigenvalue weighted by atomic mass is 16.2. The maximum absolute atomic E-state index is 12.9. The van der Waals surface area contributed by atoms with Crippen molar-refractivity contribution in [1.82, 2.24) is 10.2 Å². The van der Waals surface area contributed by atoms with E-state index in [0.29, 0.717) is 5.91 Å². The molecule has 0 aromatic rings. The van der Waals surface area contributed by atoms with Gasteiger partial charge >= 0.3 is 0 Å². The summed E-state index contributed by atoms with van der Waals surface area (Å²) in [6, 6.07) is 0. The first-order chi connectivity index (χ1) is 9.09. The van der Waals surface area contributed by atoms with Gasteiger partial charge < -0.3 is 10.2 Å². The van der Waals surface area contributed by atoms with Crippen LogP contribution in [0.25, 0.3) is 0 Å². The van der Waals surface area contributed by atoms with Gasteiger partial charge in [-0.15, -0.1) is 0 Å². The summed E-state index contributed by atoms with van der Waals surface area (Å²) in [6.07, 6.45) is 5.57. The molecule has 0 saturated carbocycles. The van der Waals surface area contributed by atoms with Crippen LogP contribution in [-0.4, -0.2) is 37.0 Å². The Balaban J connectivity index is 1.96. The number of hydrogen-bond donors (Lipinski definition) is 1. The number of rotatable bonds is 3. The van der Waals surface area contributed by atoms with Gasteiger partial charge in [0.2, 0.25) is 5.91 Å². The van der Waals surface area contributed by atoms with E-state index >= 15 is 0 Å². The number of hydrogen-bond acceptors (Lipinski definition) is 2. The SMILES string of the molecule is CCC1(C(=O)N2CCC(C(C)C)CC2)CCCNC1. The average molecular weight is 266 g/mol. The molecule has 0 aliphatic carbocycles. The lowest BCUT2D eigenvalue weighted by Gasteiger charge is -2.42. The second-order valence-corrected chi connectivity index (χ2v) is 6.79. The van der Waals surface area contributed by atoms with E-state index in [1.54, 1.807) is 0 Å². The minimum atomic E-state index is -0.108. The van der Waals surface area contributed by atoms with Gasteiger partial charge in [0.15, 0.2) is 0 Å². The fourth-order valence-corrected chi connectivity index (χ4v) is 3.71. The van der Waals surface area contributed by atoms with Crippen LogP contribution in [0.2, 0.25) is 0 Å². The molecule has 2 aliphatic rings. The molecule has 1 unspecified atom stereocenters. The number of likely N-dealkylation sites (tertiary alicyclic amines) is 1. The van der Waals surface area contributed by atoms with Gasteiger partial charge in [-0.25, -0.2) is 0 Å². The lowest BCUT2D eigenvalue weighted by Crippen LogP contribution is -2.53. The molecule has 3 nitrogen and oxygen atoms in total. The number of carbonyl (C=O) groups excluding carboxylic acids is 1. The average Bonchev–Trinajstić information content (AvgIpc) is 2.47. The second-order valence-electron chi connectivity index (χ2n) is 6.79. The molecule has 0 bridgehead atoms. The molecule has 110 valence electrons. The van der Waals surface area contributed by atoms with E-state index in [1.807, 2.05) is 0 Å². The number of amides is 1. The van der Waals surface area contributed by atoms with Crippen molar-refractivity contribution in [1.29, 1.82) is 0 Å². The largest absolute Gasteiger partial charge is 0.342 e. The summed E-state index contributed by atoms with van der Waals surface area (Å²) in [4.78, 5) is 15.0. The van der Waals surface area contributed by atoms with Crippen LogP contribution in [-0.2, 0) is 4.79 Å². The normalized spacial score (nSPS) is 29.8. The third-order valence-corrected chi connectivity index (χ3v) is 5.37. The molecule has 0 aromatic carbocycles. The zero-order valence-electron chi connectivity index (χ0n) is 12.9. The molecule has 2 heterocycles. The van der Waals surface area contributed by atoms with Gasteiger partial charge in [-0.3, -0.25) is 4.79 Å². The van der Waals surface area contributed by atoms with Crippen molar-refractivity contribution in [3.8, 4) is 0 Å². The number of carbonyl (C=O) groups is 1. The van der Waals surface area contributed by atoms with Crippen molar-refractivity contribution in [2.24, 2.45) is 17.3 Å². The highest BCUT2D eigenvalue weighted by Crippen LogP contribution is 2.34. The van der Waals surface area contributed by atoms with Gasteiger partial charge in [-0.1, -0.05) is 20.8 Å². The number of piperidine rings is 2. The Morgan fingerprint density at radius 1 is 1.37 bits per heavy atom. The van der Waals surface area contributed by atoms with Crippen molar-refractivity contribution >= 4 is 5.91 Å². The maximum atomic E-state index is 12.9. The molecule has 19 heavy (non-hydrogen) atoms. The van der Waals surface area contributed by atoms with E-state index in [9.17, 15) is 4.79 Å². The molecule has 0 spiro atoms. The molecule has 0 radical (unpaired) electrons. The number of nitrogens with one attached hydrogen (secondary N) is 1. The summed E-state index contributed by atoms with van der Waals surface area (Å²) >= 11 is 0. The van der Waals surface area contributed by atoms with Crippen LogP contribution in [0.15, 0.2) is 0 Å². The van der Waals surface area contributed by atoms with Gasteiger partial charge in [-0.2, -0.15) is 0 Å². The van der Waals surface area contributed by atoms with E-state index in [2.05, 4.69) is 31.0 Å². The first-order valence-corrected chi connectivity index (χ1v) is 8.09. The molecule has 3 heteroatoms. The first kappa shape index (κ1) is 14.8. The van der Waals surface area contributed by atoms with Gasteiger partial charge in [0, 0.05) is 19.6 Å². The predicted octanol–water partition coefficient (Wildman–Crippen LogP) is 2.66. The molecular formula is C16H30N2O. The van der Waals surface area contributed by atoms with Crippen LogP contribution in [0.3, 0.4) is 0 Å². The van der Waals surface area contributed by atoms with Crippen molar-refractivity contribution in [3.63, 3.8) is 0 Å². The van der Waals surface area contributed by atoms with Gasteiger partial charge in [0.1, 0.15) is 0 Å². The topological polar surface area (TPSA) is 32.3 Å². The van der Waals surface area contributed by atoms with Crippen molar-refractivity contribution in [3.05, 3.63) is 0 Å². The summed E-state index contributed by atoms with van der Waals surface area (Å²) < 4.78 is 0. The fraction of sp³-hybridized carbons (Fsp3) is 0.938. The molecule has 2 fully saturated rings. The van der Waals surface area contributed by atoms with E-state index < -0.39 is 0 Å². The van der Waals surface area contributed by atoms with Crippen molar-refractivity contribution in [2.75, 3.05) is 26.2 Å². The van der Waals surface area contributed by atoms with Crippen molar-refractivity contribution in [2.45, 2.75) is 52.9 Å². The van der Waals surface area contributed by atoms with E-state index in [4.69, 9.17) is 0 Å². The van der Waals surface area contributed by atoms with Crippen LogP contribution in [0.1, 0.15) is 52.9 Å². The monoisotopic (exact) mass is 266 g/mol. The Morgan fingerprint density at radius 2 is 2.05 bits per heavy atom. The molecule has 2 saturated heterocycles. The van der Waals surface area contributed by atoms with E-state index in [-0.39, 0.29) is 5.41 Å². The van der Waals surface area contributed by atoms with Crippen LogP contribution in [0, 0.1) is 17.3 Å². The van der Waals surface area contributed by atoms with Crippen LogP contribution in [0.4, 0.5) is 0 Å². The Bertz CT molecular complexity index is 300. The predicted molar refractivity (Wildman–Crippen MR) is 79.0 cm³/mol. The van der Waals surface area contributed by atoms with E-state index in [0.717, 1.165) is 57.3 Å². The van der Waals surface area contributed by atoms with Crippen LogP contribution < -0.4 is 5.32 Å². The summed E-state index contributed by atoms with van der Waals surface area (Å²) in [6.45, 7) is 10.7. The standard InChI is InChI=1S/C16H30N2O/c1-4-16(8-5-9-17-12-16)15(19)18-10-6-14(7-11-18)13(2)3/h13-14,17H,4-12H2,1-3H3. The minimum Gasteiger partial charge on any atom is -0.342 e. The summed E-state index contributed by atoms with van der Waals surface area (Å²) in [5.74, 6) is 1.99. The third-order valence-electron chi connectivity index (χ3n) is 5.37. The number of nitrogens with zero attached hydrogens (tertiary/aromatic N) is 1. The molecule has 2 aliphatic heterocycles. The van der Waals surface area contributed by atoms with Crippen LogP contribution in [0.5, 0.6) is 0 Å². The zero-order valence-corrected chi connectivity index (χ0v) is 12.9. The molecule has 1 amide bonds. The molecular weight excluding hydrogens is 236 g/mol. The summed E-state index contributed by atoms with van der Waals surface area (Å²) in [7, 11) is 0. The van der Waals surface area contributed by atoms with E-state index in [1.165, 1.54) is 12.8 Å². The first-order valence-electron chi connectivity index (χ1n) is 8.09. The second kappa shape index (κ2) is 6.25. The molecule has 0 aromatic heterocycles. The summed E-state index contributed by atoms with van der Waals surface area (Å²) in [5.41, 5.74) is -0.108. The Kier molecular flexibility index (Phi) is 4.88. The van der Waals surface area contributed by atoms with Crippen molar-refractivity contribution < 1.29 is 4.79 Å².